The third kappa shape index (κ3) is 12.8. The first-order valence-corrected chi connectivity index (χ1v) is 4.73. The summed E-state index contributed by atoms with van der Waals surface area (Å²) in [5.74, 6) is 0. The second-order valence-electron chi connectivity index (χ2n) is 2.42. The standard InChI is InChI=1S/C8H17N.C2H6/c1-4-5-6-7-8(2)9-3;1-2/h4-7H2,1-3H3;1-2H3. The van der Waals surface area contributed by atoms with Crippen molar-refractivity contribution in [2.45, 2.75) is 53.4 Å². The number of unbranched alkanes of at least 4 members (excludes halogenated alkanes) is 2. The van der Waals surface area contributed by atoms with Crippen LogP contribution in [0.1, 0.15) is 53.4 Å². The van der Waals surface area contributed by atoms with Gasteiger partial charge in [0, 0.05) is 12.8 Å². The summed E-state index contributed by atoms with van der Waals surface area (Å²) >= 11 is 0. The summed E-state index contributed by atoms with van der Waals surface area (Å²) in [6.45, 7) is 8.31. The summed E-state index contributed by atoms with van der Waals surface area (Å²) in [5, 5.41) is 0. The molecule has 0 saturated heterocycles. The average molecular weight is 157 g/mol. The molecule has 0 rings (SSSR count). The largest absolute Gasteiger partial charge is 0.298 e. The van der Waals surface area contributed by atoms with E-state index in [-0.39, 0.29) is 0 Å². The van der Waals surface area contributed by atoms with Gasteiger partial charge >= 0.3 is 0 Å². The molecule has 0 aromatic carbocycles. The molecular weight excluding hydrogens is 134 g/mol. The predicted octanol–water partition coefficient (Wildman–Crippen LogP) is 3.68. The number of hydrogen-bond acceptors (Lipinski definition) is 1. The van der Waals surface area contributed by atoms with Crippen LogP contribution in [0, 0.1) is 0 Å². The van der Waals surface area contributed by atoms with Crippen molar-refractivity contribution in [2.24, 2.45) is 4.99 Å². The summed E-state index contributed by atoms with van der Waals surface area (Å²) in [6.07, 6.45) is 5.13. The van der Waals surface area contributed by atoms with Crippen LogP contribution < -0.4 is 0 Å². The quantitative estimate of drug-likeness (QED) is 0.436. The molecule has 0 heterocycles. The van der Waals surface area contributed by atoms with Crippen molar-refractivity contribution in [1.82, 2.24) is 0 Å². The molecule has 0 bridgehead atoms. The van der Waals surface area contributed by atoms with Crippen molar-refractivity contribution >= 4 is 5.71 Å². The van der Waals surface area contributed by atoms with Crippen LogP contribution in [-0.2, 0) is 0 Å². The van der Waals surface area contributed by atoms with E-state index in [0.717, 1.165) is 0 Å². The van der Waals surface area contributed by atoms with Crippen LogP contribution >= 0.6 is 0 Å². The summed E-state index contributed by atoms with van der Waals surface area (Å²) in [7, 11) is 1.86. The Morgan fingerprint density at radius 2 is 1.73 bits per heavy atom. The van der Waals surface area contributed by atoms with Gasteiger partial charge in [0.15, 0.2) is 0 Å². The second-order valence-corrected chi connectivity index (χ2v) is 2.42. The lowest BCUT2D eigenvalue weighted by Crippen LogP contribution is -1.89. The molecule has 0 radical (unpaired) electrons. The molecule has 0 amide bonds. The zero-order valence-corrected chi connectivity index (χ0v) is 8.78. The van der Waals surface area contributed by atoms with E-state index in [2.05, 4.69) is 18.8 Å². The van der Waals surface area contributed by atoms with Crippen LogP contribution in [-0.4, -0.2) is 12.8 Å². The van der Waals surface area contributed by atoms with Gasteiger partial charge in [-0.15, -0.1) is 0 Å². The third-order valence-electron chi connectivity index (χ3n) is 1.52. The number of nitrogens with zero attached hydrogens (tertiary/aromatic N) is 1. The van der Waals surface area contributed by atoms with E-state index < -0.39 is 0 Å². The van der Waals surface area contributed by atoms with E-state index in [9.17, 15) is 0 Å². The van der Waals surface area contributed by atoms with Crippen molar-refractivity contribution in [3.63, 3.8) is 0 Å². The topological polar surface area (TPSA) is 12.4 Å². The van der Waals surface area contributed by atoms with Crippen LogP contribution in [0.15, 0.2) is 4.99 Å². The highest BCUT2D eigenvalue weighted by molar-refractivity contribution is 5.81. The van der Waals surface area contributed by atoms with E-state index in [0.29, 0.717) is 0 Å². The second kappa shape index (κ2) is 12.4. The molecular formula is C10H23N. The van der Waals surface area contributed by atoms with Gasteiger partial charge in [-0.1, -0.05) is 33.6 Å². The number of aliphatic imine (C=N–C) groups is 1. The third-order valence-corrected chi connectivity index (χ3v) is 1.52. The number of hydrogen-bond donors (Lipinski definition) is 0. The Morgan fingerprint density at radius 1 is 1.18 bits per heavy atom. The van der Waals surface area contributed by atoms with Crippen LogP contribution in [0.3, 0.4) is 0 Å². The molecule has 11 heavy (non-hydrogen) atoms. The minimum Gasteiger partial charge on any atom is -0.298 e. The fourth-order valence-corrected chi connectivity index (χ4v) is 0.743. The van der Waals surface area contributed by atoms with Crippen LogP contribution in [0.4, 0.5) is 0 Å². The minimum absolute atomic E-state index is 1.18. The van der Waals surface area contributed by atoms with Crippen molar-refractivity contribution in [2.75, 3.05) is 7.05 Å². The van der Waals surface area contributed by atoms with Crippen LogP contribution in [0.5, 0.6) is 0 Å². The van der Waals surface area contributed by atoms with E-state index in [1.807, 2.05) is 20.9 Å². The highest BCUT2D eigenvalue weighted by Crippen LogP contribution is 1.99. The molecule has 0 saturated carbocycles. The SMILES string of the molecule is CC.CCCCCC(C)=NC. The molecule has 0 aromatic rings. The highest BCUT2D eigenvalue weighted by atomic mass is 14.7. The zero-order chi connectivity index (χ0) is 9.11. The lowest BCUT2D eigenvalue weighted by Gasteiger charge is -1.95. The highest BCUT2D eigenvalue weighted by Gasteiger charge is 1.88. The van der Waals surface area contributed by atoms with Gasteiger partial charge in [0.2, 0.25) is 0 Å². The van der Waals surface area contributed by atoms with Gasteiger partial charge in [-0.3, -0.25) is 4.99 Å². The first-order chi connectivity index (χ1) is 5.31. The molecule has 0 aliphatic carbocycles. The van der Waals surface area contributed by atoms with Gasteiger partial charge in [0.25, 0.3) is 0 Å². The Labute approximate surface area is 71.9 Å². The first kappa shape index (κ1) is 13.3. The average Bonchev–Trinajstić information content (AvgIpc) is 2.08. The Hall–Kier alpha value is -0.330. The Bertz CT molecular complexity index is 84.9. The van der Waals surface area contributed by atoms with Gasteiger partial charge in [-0.25, -0.2) is 0 Å². The molecule has 0 spiro atoms. The predicted molar refractivity (Wildman–Crippen MR) is 54.5 cm³/mol. The lowest BCUT2D eigenvalue weighted by molar-refractivity contribution is 0.740. The molecule has 0 unspecified atom stereocenters. The van der Waals surface area contributed by atoms with Crippen molar-refractivity contribution in [3.05, 3.63) is 0 Å². The maximum Gasteiger partial charge on any atom is 0.0276 e. The molecule has 0 N–H and O–H groups in total. The van der Waals surface area contributed by atoms with Crippen LogP contribution in [0.2, 0.25) is 0 Å². The van der Waals surface area contributed by atoms with E-state index in [1.54, 1.807) is 0 Å². The normalized spacial score (nSPS) is 10.5. The van der Waals surface area contributed by atoms with Gasteiger partial charge in [0.1, 0.15) is 0 Å². The maximum atomic E-state index is 4.08. The minimum atomic E-state index is 1.18. The summed E-state index contributed by atoms with van der Waals surface area (Å²) < 4.78 is 0. The van der Waals surface area contributed by atoms with Crippen molar-refractivity contribution < 1.29 is 0 Å². The first-order valence-electron chi connectivity index (χ1n) is 4.73. The molecule has 0 aliphatic heterocycles. The number of rotatable bonds is 4. The molecule has 0 aliphatic rings. The summed E-state index contributed by atoms with van der Waals surface area (Å²) in [6, 6.07) is 0. The fourth-order valence-electron chi connectivity index (χ4n) is 0.743. The summed E-state index contributed by atoms with van der Waals surface area (Å²) in [4.78, 5) is 4.08. The molecule has 0 atom stereocenters. The monoisotopic (exact) mass is 157 g/mol. The summed E-state index contributed by atoms with van der Waals surface area (Å²) in [5.41, 5.74) is 1.28. The zero-order valence-electron chi connectivity index (χ0n) is 8.78. The Balaban J connectivity index is 0. The van der Waals surface area contributed by atoms with Crippen molar-refractivity contribution in [1.29, 1.82) is 0 Å². The molecule has 0 aromatic heterocycles. The lowest BCUT2D eigenvalue weighted by atomic mass is 10.1. The van der Waals surface area contributed by atoms with Crippen LogP contribution in [0.25, 0.3) is 0 Å². The van der Waals surface area contributed by atoms with Gasteiger partial charge in [-0.2, -0.15) is 0 Å². The fraction of sp³-hybridized carbons (Fsp3) is 0.900. The van der Waals surface area contributed by atoms with Gasteiger partial charge in [0.05, 0.1) is 0 Å². The maximum absolute atomic E-state index is 4.08. The van der Waals surface area contributed by atoms with E-state index in [1.165, 1.54) is 31.4 Å². The molecule has 1 heteroatoms. The van der Waals surface area contributed by atoms with E-state index >= 15 is 0 Å². The smallest absolute Gasteiger partial charge is 0.0276 e. The molecule has 68 valence electrons. The van der Waals surface area contributed by atoms with Gasteiger partial charge in [-0.05, 0) is 19.8 Å². The Morgan fingerprint density at radius 3 is 2.09 bits per heavy atom. The van der Waals surface area contributed by atoms with Gasteiger partial charge < -0.3 is 0 Å². The van der Waals surface area contributed by atoms with E-state index in [4.69, 9.17) is 0 Å². The molecule has 0 fully saturated rings. The molecule has 1 nitrogen and oxygen atoms in total. The van der Waals surface area contributed by atoms with Crippen molar-refractivity contribution in [3.8, 4) is 0 Å². The Kier molecular flexibility index (Phi) is 14.9.